The van der Waals surface area contributed by atoms with Crippen LogP contribution < -0.4 is 10.2 Å². The minimum atomic E-state index is -4.42. The topological polar surface area (TPSA) is 64.0 Å². The second-order valence-electron chi connectivity index (χ2n) is 10.5. The van der Waals surface area contributed by atoms with Crippen LogP contribution in [0.25, 0.3) is 0 Å². The number of hydrogen-bond acceptors (Lipinski definition) is 4. The molecule has 1 aromatic heterocycles. The predicted octanol–water partition coefficient (Wildman–Crippen LogP) is 6.51. The summed E-state index contributed by atoms with van der Waals surface area (Å²) in [5.74, 6) is 0.756. The van der Waals surface area contributed by atoms with Crippen LogP contribution >= 0.6 is 0 Å². The average molecular weight is 556 g/mol. The highest BCUT2D eigenvalue weighted by molar-refractivity contribution is 5.94. The zero-order valence-electron chi connectivity index (χ0n) is 22.3. The average Bonchev–Trinajstić information content (AvgIpc) is 2.93. The monoisotopic (exact) mass is 555 g/mol. The number of halogens is 4. The first-order chi connectivity index (χ1) is 19.1. The lowest BCUT2D eigenvalue weighted by atomic mass is 9.87. The number of nitrogens with one attached hydrogen (secondary N) is 1. The van der Waals surface area contributed by atoms with E-state index in [1.165, 1.54) is 12.1 Å². The molecular formula is C30H33F4N5O. The van der Waals surface area contributed by atoms with E-state index in [1.807, 2.05) is 30.0 Å². The maximum Gasteiger partial charge on any atom is 0.416 e. The van der Waals surface area contributed by atoms with Crippen molar-refractivity contribution in [2.45, 2.75) is 50.5 Å². The van der Waals surface area contributed by atoms with E-state index < -0.39 is 17.4 Å². The zero-order valence-corrected chi connectivity index (χ0v) is 22.3. The van der Waals surface area contributed by atoms with Crippen molar-refractivity contribution in [1.82, 2.24) is 9.88 Å². The maximum absolute atomic E-state index is 16.0. The highest BCUT2D eigenvalue weighted by atomic mass is 19.4. The van der Waals surface area contributed by atoms with E-state index in [2.05, 4.69) is 15.2 Å². The van der Waals surface area contributed by atoms with Gasteiger partial charge in [0.1, 0.15) is 5.75 Å². The van der Waals surface area contributed by atoms with E-state index in [-0.39, 0.29) is 24.6 Å². The number of benzene rings is 2. The summed E-state index contributed by atoms with van der Waals surface area (Å²) in [6, 6.07) is 15.7. The number of likely N-dealkylation sites (tertiary alicyclic amines) is 1. The summed E-state index contributed by atoms with van der Waals surface area (Å²) in [4.78, 5) is 13.5. The van der Waals surface area contributed by atoms with Crippen LogP contribution in [0, 0.1) is 6.92 Å². The molecule has 0 spiro atoms. The molecule has 0 radical (unpaired) electrons. The van der Waals surface area contributed by atoms with Gasteiger partial charge in [0.25, 0.3) is 0 Å². The molecular weight excluding hydrogens is 522 g/mol. The van der Waals surface area contributed by atoms with E-state index in [0.717, 1.165) is 49.3 Å². The number of phenols is 1. The van der Waals surface area contributed by atoms with Gasteiger partial charge < -0.3 is 20.2 Å². The Morgan fingerprint density at radius 1 is 1.00 bits per heavy atom. The SMILES string of the molecule is Cc1cccnc1C1(F)CCN(C(=NC2CCN(c3cccc(O)c3)CC2)Nc2ccc(C(F)(F)F)cc2)CC1. The number of piperidine rings is 2. The number of aliphatic imine (C=N–C) groups is 1. The van der Waals surface area contributed by atoms with Gasteiger partial charge in [0, 0.05) is 62.7 Å². The molecule has 0 unspecified atom stereocenters. The number of aromatic hydroxyl groups is 1. The molecule has 0 bridgehead atoms. The number of anilines is 2. The van der Waals surface area contributed by atoms with Gasteiger partial charge in [-0.25, -0.2) is 9.38 Å². The number of hydrogen-bond donors (Lipinski definition) is 2. The highest BCUT2D eigenvalue weighted by Crippen LogP contribution is 2.38. The van der Waals surface area contributed by atoms with E-state index in [0.29, 0.717) is 30.4 Å². The molecule has 2 aliphatic rings. The first-order valence-corrected chi connectivity index (χ1v) is 13.5. The molecule has 40 heavy (non-hydrogen) atoms. The first-order valence-electron chi connectivity index (χ1n) is 13.5. The molecule has 212 valence electrons. The molecule has 3 heterocycles. The Labute approximate surface area is 231 Å². The Bertz CT molecular complexity index is 1330. The van der Waals surface area contributed by atoms with Crippen molar-refractivity contribution in [1.29, 1.82) is 0 Å². The van der Waals surface area contributed by atoms with Crippen LogP contribution in [0.3, 0.4) is 0 Å². The van der Waals surface area contributed by atoms with Crippen LogP contribution in [-0.2, 0) is 11.8 Å². The number of phenolic OH excluding ortho intramolecular Hbond substituents is 1. The highest BCUT2D eigenvalue weighted by Gasteiger charge is 2.39. The Morgan fingerprint density at radius 2 is 1.70 bits per heavy atom. The molecule has 10 heteroatoms. The van der Waals surface area contributed by atoms with E-state index in [4.69, 9.17) is 4.99 Å². The number of aromatic nitrogens is 1. The lowest BCUT2D eigenvalue weighted by Crippen LogP contribution is -2.47. The Morgan fingerprint density at radius 3 is 2.33 bits per heavy atom. The second kappa shape index (κ2) is 11.3. The smallest absolute Gasteiger partial charge is 0.416 e. The van der Waals surface area contributed by atoms with Crippen molar-refractivity contribution >= 4 is 17.3 Å². The number of aryl methyl sites for hydroxylation is 1. The van der Waals surface area contributed by atoms with Crippen molar-refractivity contribution in [3.63, 3.8) is 0 Å². The summed E-state index contributed by atoms with van der Waals surface area (Å²) >= 11 is 0. The molecule has 0 amide bonds. The third kappa shape index (κ3) is 6.32. The van der Waals surface area contributed by atoms with Gasteiger partial charge in [-0.05, 0) is 67.8 Å². The molecule has 0 atom stereocenters. The summed E-state index contributed by atoms with van der Waals surface area (Å²) in [6.45, 7) is 4.13. The summed E-state index contributed by atoms with van der Waals surface area (Å²) in [5, 5.41) is 13.1. The van der Waals surface area contributed by atoms with E-state index in [1.54, 1.807) is 24.4 Å². The number of rotatable bonds is 4. The van der Waals surface area contributed by atoms with Gasteiger partial charge >= 0.3 is 6.18 Å². The summed E-state index contributed by atoms with van der Waals surface area (Å²) in [5.41, 5.74) is 0.444. The summed E-state index contributed by atoms with van der Waals surface area (Å²) in [7, 11) is 0. The number of guanidine groups is 1. The van der Waals surface area contributed by atoms with Gasteiger partial charge in [0.05, 0.1) is 17.3 Å². The second-order valence-corrected chi connectivity index (χ2v) is 10.5. The van der Waals surface area contributed by atoms with Crippen LogP contribution in [0.15, 0.2) is 71.9 Å². The van der Waals surface area contributed by atoms with Crippen molar-refractivity contribution in [2.24, 2.45) is 4.99 Å². The third-order valence-electron chi connectivity index (χ3n) is 7.72. The number of nitrogens with zero attached hydrogens (tertiary/aromatic N) is 4. The molecule has 0 saturated carbocycles. The van der Waals surface area contributed by atoms with E-state index in [9.17, 15) is 18.3 Å². The normalized spacial score (nSPS) is 18.6. The minimum absolute atomic E-state index is 0.0133. The van der Waals surface area contributed by atoms with Crippen LogP contribution in [0.5, 0.6) is 5.75 Å². The molecule has 2 aliphatic heterocycles. The Balaban J connectivity index is 1.33. The van der Waals surface area contributed by atoms with Crippen LogP contribution in [0.4, 0.5) is 28.9 Å². The quantitative estimate of drug-likeness (QED) is 0.218. The molecule has 0 aliphatic carbocycles. The van der Waals surface area contributed by atoms with Crippen molar-refractivity contribution < 1.29 is 22.7 Å². The van der Waals surface area contributed by atoms with Gasteiger partial charge in [0.15, 0.2) is 11.6 Å². The van der Waals surface area contributed by atoms with Gasteiger partial charge in [0.2, 0.25) is 0 Å². The van der Waals surface area contributed by atoms with Gasteiger partial charge in [-0.1, -0.05) is 12.1 Å². The molecule has 2 aromatic carbocycles. The number of pyridine rings is 1. The molecule has 3 aromatic rings. The lowest BCUT2D eigenvalue weighted by Gasteiger charge is -2.39. The van der Waals surface area contributed by atoms with Gasteiger partial charge in [-0.15, -0.1) is 0 Å². The number of alkyl halides is 4. The van der Waals surface area contributed by atoms with Gasteiger partial charge in [-0.2, -0.15) is 13.2 Å². The summed E-state index contributed by atoms with van der Waals surface area (Å²) < 4.78 is 55.3. The predicted molar refractivity (Wildman–Crippen MR) is 148 cm³/mol. The fourth-order valence-corrected chi connectivity index (χ4v) is 5.44. The summed E-state index contributed by atoms with van der Waals surface area (Å²) in [6.07, 6.45) is -0.815. The first kappa shape index (κ1) is 27.7. The fraction of sp³-hybridized carbons (Fsp3) is 0.400. The fourth-order valence-electron chi connectivity index (χ4n) is 5.44. The van der Waals surface area contributed by atoms with Crippen LogP contribution in [0.1, 0.15) is 42.5 Å². The standard InChI is InChI=1S/C30H33F4N5O/c1-21-4-3-15-35-27(21)29(31)13-18-39(19-14-29)28(36-23-9-7-22(8-10-23)30(32,33)34)37-24-11-16-38(17-12-24)25-5-2-6-26(40)20-25/h2-10,15,20,24,40H,11-14,16-19H2,1H3,(H,36,37). The van der Waals surface area contributed by atoms with Crippen molar-refractivity contribution in [3.8, 4) is 5.75 Å². The van der Waals surface area contributed by atoms with Crippen molar-refractivity contribution in [3.05, 3.63) is 83.7 Å². The van der Waals surface area contributed by atoms with Crippen molar-refractivity contribution in [2.75, 3.05) is 36.4 Å². The minimum Gasteiger partial charge on any atom is -0.508 e. The lowest BCUT2D eigenvalue weighted by molar-refractivity contribution is -0.137. The molecule has 6 nitrogen and oxygen atoms in total. The van der Waals surface area contributed by atoms with E-state index >= 15 is 4.39 Å². The Hall–Kier alpha value is -3.82. The van der Waals surface area contributed by atoms with Crippen LogP contribution in [-0.4, -0.2) is 53.2 Å². The molecule has 5 rings (SSSR count). The van der Waals surface area contributed by atoms with Crippen LogP contribution in [0.2, 0.25) is 0 Å². The maximum atomic E-state index is 16.0. The third-order valence-corrected chi connectivity index (χ3v) is 7.72. The largest absolute Gasteiger partial charge is 0.508 e. The molecule has 2 saturated heterocycles. The molecule has 2 N–H and O–H groups in total. The van der Waals surface area contributed by atoms with Gasteiger partial charge in [-0.3, -0.25) is 4.98 Å². The Kier molecular flexibility index (Phi) is 7.87. The molecule has 2 fully saturated rings. The zero-order chi connectivity index (χ0) is 28.3.